The van der Waals surface area contributed by atoms with E-state index in [4.69, 9.17) is 11.1 Å². The van der Waals surface area contributed by atoms with Gasteiger partial charge in [0.05, 0.1) is 23.1 Å². The summed E-state index contributed by atoms with van der Waals surface area (Å²) in [5, 5.41) is 13.8. The van der Waals surface area contributed by atoms with Gasteiger partial charge in [0.25, 0.3) is 5.56 Å². The van der Waals surface area contributed by atoms with E-state index in [2.05, 4.69) is 15.1 Å². The second-order valence-corrected chi connectivity index (χ2v) is 7.66. The number of nitrogens with zero attached hydrogens (tertiary/aromatic N) is 5. The third-order valence-electron chi connectivity index (χ3n) is 4.49. The van der Waals surface area contributed by atoms with Crippen molar-refractivity contribution in [1.82, 2.24) is 24.3 Å². The van der Waals surface area contributed by atoms with Crippen molar-refractivity contribution in [3.8, 4) is 0 Å². The van der Waals surface area contributed by atoms with Crippen LogP contribution in [-0.2, 0) is 20.0 Å². The Morgan fingerprint density at radius 3 is 2.89 bits per heavy atom. The lowest BCUT2D eigenvalue weighted by atomic mass is 10.3. The molecule has 4 aromatic heterocycles. The lowest BCUT2D eigenvalue weighted by Crippen LogP contribution is -2.24. The van der Waals surface area contributed by atoms with Gasteiger partial charge in [-0.25, -0.2) is 9.67 Å². The van der Waals surface area contributed by atoms with E-state index in [1.54, 1.807) is 23.0 Å². The first-order valence-corrected chi connectivity index (χ1v) is 9.50. The first kappa shape index (κ1) is 18.1. The maximum Gasteiger partial charge on any atom is 0.291 e. The normalized spacial score (nSPS) is 11.8. The Labute approximate surface area is 164 Å². The van der Waals surface area contributed by atoms with Crippen LogP contribution in [0.15, 0.2) is 41.6 Å². The highest BCUT2D eigenvalue weighted by atomic mass is 32.1. The van der Waals surface area contributed by atoms with Crippen LogP contribution in [0.1, 0.15) is 16.3 Å². The number of hydrogen-bond donors (Lipinski definition) is 2. The maximum atomic E-state index is 13.0. The zero-order chi connectivity index (χ0) is 19.8. The van der Waals surface area contributed by atoms with Crippen molar-refractivity contribution < 1.29 is 0 Å². The maximum absolute atomic E-state index is 13.0. The van der Waals surface area contributed by atoms with Gasteiger partial charge in [-0.15, -0.1) is 11.3 Å². The van der Waals surface area contributed by atoms with E-state index in [0.29, 0.717) is 24.2 Å². The molecule has 0 bridgehead atoms. The van der Waals surface area contributed by atoms with E-state index < -0.39 is 0 Å². The molecule has 0 amide bonds. The largest absolute Gasteiger partial charge is 0.405 e. The van der Waals surface area contributed by atoms with Crippen LogP contribution in [0, 0.1) is 12.3 Å². The molecule has 28 heavy (non-hydrogen) atoms. The Morgan fingerprint density at radius 1 is 1.36 bits per heavy atom. The van der Waals surface area contributed by atoms with Crippen molar-refractivity contribution in [1.29, 1.82) is 5.41 Å². The number of allylic oxidation sites excluding steroid dienone is 1. The van der Waals surface area contributed by atoms with E-state index in [1.165, 1.54) is 22.2 Å². The van der Waals surface area contributed by atoms with E-state index in [-0.39, 0.29) is 5.56 Å². The fraction of sp³-hybridized carbons (Fsp3) is 0.211. The minimum atomic E-state index is -0.173. The van der Waals surface area contributed by atoms with Gasteiger partial charge in [-0.2, -0.15) is 5.10 Å². The van der Waals surface area contributed by atoms with Crippen molar-refractivity contribution in [2.24, 2.45) is 12.8 Å². The van der Waals surface area contributed by atoms with Crippen LogP contribution in [0.3, 0.4) is 0 Å². The van der Waals surface area contributed by atoms with Gasteiger partial charge in [0.2, 0.25) is 0 Å². The van der Waals surface area contributed by atoms with Gasteiger partial charge in [-0.3, -0.25) is 9.78 Å². The number of nitrogens with two attached hydrogens (primary N) is 1. The summed E-state index contributed by atoms with van der Waals surface area (Å²) in [5.41, 5.74) is 8.69. The average Bonchev–Trinajstić information content (AvgIpc) is 3.18. The number of fused-ring (bicyclic) bond motifs is 3. The number of thiazole rings is 1. The fourth-order valence-electron chi connectivity index (χ4n) is 3.10. The number of aryl methyl sites for hydroxylation is 2. The molecule has 8 nitrogen and oxygen atoms in total. The Balaban J connectivity index is 1.76. The molecule has 0 unspecified atom stereocenters. The standard InChI is InChI=1S/C19H19N7OS/c1-11-3-4-13(22-8-11)10-26-19(27)16-14(9-23-26)17-18(25(16)2)24-15(28-17)7-12(21)5-6-20/h3-6,8-9,21H,7,10,20H2,1-2H3/b6-5-,21-12?. The number of pyridine rings is 1. The molecule has 0 aliphatic carbocycles. The molecule has 4 rings (SSSR count). The topological polar surface area (TPSA) is 115 Å². The van der Waals surface area contributed by atoms with Gasteiger partial charge in [0, 0.05) is 30.8 Å². The highest BCUT2D eigenvalue weighted by molar-refractivity contribution is 7.19. The van der Waals surface area contributed by atoms with Gasteiger partial charge in [0.1, 0.15) is 10.5 Å². The van der Waals surface area contributed by atoms with E-state index in [0.717, 1.165) is 32.0 Å². The van der Waals surface area contributed by atoms with Crippen molar-refractivity contribution in [3.63, 3.8) is 0 Å². The van der Waals surface area contributed by atoms with Crippen LogP contribution in [0.4, 0.5) is 0 Å². The third-order valence-corrected chi connectivity index (χ3v) is 5.57. The highest BCUT2D eigenvalue weighted by Gasteiger charge is 2.18. The Kier molecular flexibility index (Phi) is 4.52. The Bertz CT molecular complexity index is 1280. The summed E-state index contributed by atoms with van der Waals surface area (Å²) in [6.07, 6.45) is 6.78. The molecule has 0 aliphatic heterocycles. The predicted molar refractivity (Wildman–Crippen MR) is 111 cm³/mol. The van der Waals surface area contributed by atoms with E-state index in [1.807, 2.05) is 26.1 Å². The van der Waals surface area contributed by atoms with Crippen molar-refractivity contribution in [2.45, 2.75) is 19.9 Å². The first-order chi connectivity index (χ1) is 13.5. The molecule has 4 aromatic rings. The second-order valence-electron chi connectivity index (χ2n) is 6.58. The molecule has 0 fully saturated rings. The van der Waals surface area contributed by atoms with Crippen LogP contribution in [-0.4, -0.2) is 30.0 Å². The predicted octanol–water partition coefficient (Wildman–Crippen LogP) is 2.13. The Morgan fingerprint density at radius 2 is 2.18 bits per heavy atom. The van der Waals surface area contributed by atoms with Crippen molar-refractivity contribution >= 4 is 38.3 Å². The Hall–Kier alpha value is -3.33. The molecule has 0 spiro atoms. The number of nitrogens with one attached hydrogen (secondary N) is 1. The third kappa shape index (κ3) is 3.09. The van der Waals surface area contributed by atoms with Crippen molar-refractivity contribution in [2.75, 3.05) is 0 Å². The second kappa shape index (κ2) is 7.01. The first-order valence-electron chi connectivity index (χ1n) is 8.69. The van der Waals surface area contributed by atoms with Crippen LogP contribution in [0.25, 0.3) is 21.3 Å². The monoisotopic (exact) mass is 393 g/mol. The molecule has 0 atom stereocenters. The molecular formula is C19H19N7OS. The lowest BCUT2D eigenvalue weighted by Gasteiger charge is -2.05. The van der Waals surface area contributed by atoms with Gasteiger partial charge in [0.15, 0.2) is 5.65 Å². The summed E-state index contributed by atoms with van der Waals surface area (Å²) in [7, 11) is 1.83. The van der Waals surface area contributed by atoms with Gasteiger partial charge >= 0.3 is 0 Å². The fourth-order valence-corrected chi connectivity index (χ4v) is 4.23. The molecule has 0 saturated carbocycles. The molecule has 9 heteroatoms. The molecule has 142 valence electrons. The molecule has 0 aliphatic rings. The summed E-state index contributed by atoms with van der Waals surface area (Å²) in [6.45, 7) is 2.29. The SMILES string of the molecule is Cc1ccc(Cn2ncc3c4sc(CC(=N)/C=C\N)nc4n(C)c3c2=O)nc1. The lowest BCUT2D eigenvalue weighted by molar-refractivity contribution is 0.632. The molecular weight excluding hydrogens is 374 g/mol. The smallest absolute Gasteiger partial charge is 0.291 e. The van der Waals surface area contributed by atoms with E-state index in [9.17, 15) is 4.79 Å². The molecule has 0 radical (unpaired) electrons. The summed E-state index contributed by atoms with van der Waals surface area (Å²) >= 11 is 1.47. The van der Waals surface area contributed by atoms with Gasteiger partial charge < -0.3 is 15.7 Å². The average molecular weight is 393 g/mol. The molecule has 0 saturated heterocycles. The number of rotatable bonds is 5. The summed E-state index contributed by atoms with van der Waals surface area (Å²) < 4.78 is 4.13. The van der Waals surface area contributed by atoms with Gasteiger partial charge in [-0.1, -0.05) is 6.07 Å². The summed E-state index contributed by atoms with van der Waals surface area (Å²) in [6, 6.07) is 3.86. The molecule has 4 heterocycles. The van der Waals surface area contributed by atoms with E-state index >= 15 is 0 Å². The van der Waals surface area contributed by atoms with Crippen molar-refractivity contribution in [3.05, 3.63) is 63.4 Å². The minimum Gasteiger partial charge on any atom is -0.405 e. The highest BCUT2D eigenvalue weighted by Crippen LogP contribution is 2.31. The number of aromatic nitrogens is 5. The summed E-state index contributed by atoms with van der Waals surface area (Å²) in [5.74, 6) is 0. The van der Waals surface area contributed by atoms with Crippen LogP contribution < -0.4 is 11.3 Å². The summed E-state index contributed by atoms with van der Waals surface area (Å²) in [4.78, 5) is 22.0. The zero-order valence-corrected chi connectivity index (χ0v) is 16.3. The molecule has 0 aromatic carbocycles. The minimum absolute atomic E-state index is 0.173. The van der Waals surface area contributed by atoms with Gasteiger partial charge in [-0.05, 0) is 30.8 Å². The number of hydrogen-bond acceptors (Lipinski definition) is 7. The van der Waals surface area contributed by atoms with Crippen LogP contribution >= 0.6 is 11.3 Å². The quantitative estimate of drug-likeness (QED) is 0.504. The zero-order valence-electron chi connectivity index (χ0n) is 15.5. The van der Waals surface area contributed by atoms with Crippen LogP contribution in [0.5, 0.6) is 0 Å². The molecule has 3 N–H and O–H groups in total. The van der Waals surface area contributed by atoms with Crippen LogP contribution in [0.2, 0.25) is 0 Å².